The standard InChI is InChI=1S/C17H19F3N2/c1-12(2)22-11-3-4-13-14(21-10-6-15(13)22)5-7-16(8-9-16)17(18,19)20/h6,10,12H,3-4,8-9,11H2,1-2H3. The number of nitrogens with zero attached hydrogens (tertiary/aromatic N) is 2. The fraction of sp³-hybridized carbons (Fsp3) is 0.588. The number of aromatic nitrogens is 1. The highest BCUT2D eigenvalue weighted by Gasteiger charge is 2.62. The first kappa shape index (κ1) is 15.2. The number of anilines is 1. The molecule has 1 saturated carbocycles. The number of halogens is 3. The fourth-order valence-electron chi connectivity index (χ4n) is 2.97. The second-order valence-corrected chi connectivity index (χ2v) is 6.38. The van der Waals surface area contributed by atoms with Gasteiger partial charge in [-0.25, -0.2) is 4.98 Å². The Labute approximate surface area is 128 Å². The summed E-state index contributed by atoms with van der Waals surface area (Å²) in [4.78, 5) is 6.50. The number of fused-ring (bicyclic) bond motifs is 1. The number of rotatable bonds is 1. The third kappa shape index (κ3) is 2.55. The molecule has 0 atom stereocenters. The van der Waals surface area contributed by atoms with Crippen molar-refractivity contribution in [2.24, 2.45) is 5.41 Å². The first-order chi connectivity index (χ1) is 10.3. The molecular formula is C17H19F3N2. The van der Waals surface area contributed by atoms with Gasteiger partial charge in [-0.05, 0) is 51.5 Å². The minimum atomic E-state index is -4.24. The van der Waals surface area contributed by atoms with Crippen molar-refractivity contribution in [3.05, 3.63) is 23.5 Å². The molecule has 2 aliphatic rings. The van der Waals surface area contributed by atoms with Crippen LogP contribution in [0, 0.1) is 17.3 Å². The van der Waals surface area contributed by atoms with Crippen LogP contribution in [0.4, 0.5) is 18.9 Å². The Balaban J connectivity index is 1.96. The third-order valence-corrected chi connectivity index (χ3v) is 4.50. The Kier molecular flexibility index (Phi) is 3.58. The number of pyridine rings is 1. The van der Waals surface area contributed by atoms with Gasteiger partial charge in [-0.2, -0.15) is 13.2 Å². The van der Waals surface area contributed by atoms with E-state index in [1.165, 1.54) is 0 Å². The number of hydrogen-bond donors (Lipinski definition) is 0. The van der Waals surface area contributed by atoms with Gasteiger partial charge in [-0.15, -0.1) is 0 Å². The normalized spacial score (nSPS) is 19.5. The fourth-order valence-corrected chi connectivity index (χ4v) is 2.97. The minimum absolute atomic E-state index is 0.108. The summed E-state index contributed by atoms with van der Waals surface area (Å²) in [6.07, 6.45) is -0.561. The molecule has 3 rings (SSSR count). The maximum Gasteiger partial charge on any atom is 0.405 e. The maximum absolute atomic E-state index is 13.0. The summed E-state index contributed by atoms with van der Waals surface area (Å²) in [7, 11) is 0. The quantitative estimate of drug-likeness (QED) is 0.731. The van der Waals surface area contributed by atoms with Crippen molar-refractivity contribution < 1.29 is 13.2 Å². The zero-order valence-electron chi connectivity index (χ0n) is 12.8. The van der Waals surface area contributed by atoms with Crippen molar-refractivity contribution in [1.29, 1.82) is 0 Å². The number of alkyl halides is 3. The third-order valence-electron chi connectivity index (χ3n) is 4.50. The molecule has 2 heterocycles. The van der Waals surface area contributed by atoms with E-state index in [1.807, 2.05) is 6.07 Å². The molecule has 1 fully saturated rings. The highest BCUT2D eigenvalue weighted by atomic mass is 19.4. The zero-order chi connectivity index (χ0) is 16.0. The largest absolute Gasteiger partial charge is 0.405 e. The molecule has 0 amide bonds. The van der Waals surface area contributed by atoms with Gasteiger partial charge in [0.25, 0.3) is 0 Å². The van der Waals surface area contributed by atoms with Crippen LogP contribution in [0.5, 0.6) is 0 Å². The van der Waals surface area contributed by atoms with Crippen LogP contribution in [0.25, 0.3) is 0 Å². The van der Waals surface area contributed by atoms with Crippen molar-refractivity contribution in [3.8, 4) is 11.8 Å². The average molecular weight is 308 g/mol. The van der Waals surface area contributed by atoms with Gasteiger partial charge < -0.3 is 4.90 Å². The monoisotopic (exact) mass is 308 g/mol. The molecule has 0 bridgehead atoms. The summed E-state index contributed by atoms with van der Waals surface area (Å²) < 4.78 is 38.9. The Hall–Kier alpha value is -1.70. The lowest BCUT2D eigenvalue weighted by Gasteiger charge is -2.34. The van der Waals surface area contributed by atoms with E-state index < -0.39 is 11.6 Å². The maximum atomic E-state index is 13.0. The lowest BCUT2D eigenvalue weighted by molar-refractivity contribution is -0.168. The van der Waals surface area contributed by atoms with Gasteiger partial charge in [0, 0.05) is 30.0 Å². The minimum Gasteiger partial charge on any atom is -0.369 e. The van der Waals surface area contributed by atoms with Crippen LogP contribution in [-0.2, 0) is 6.42 Å². The number of hydrogen-bond acceptors (Lipinski definition) is 2. The van der Waals surface area contributed by atoms with Gasteiger partial charge in [0.05, 0.1) is 0 Å². The molecule has 1 aromatic heterocycles. The molecule has 0 spiro atoms. The lowest BCUT2D eigenvalue weighted by atomic mass is 9.98. The van der Waals surface area contributed by atoms with Crippen LogP contribution in [0.1, 0.15) is 44.4 Å². The second-order valence-electron chi connectivity index (χ2n) is 6.38. The van der Waals surface area contributed by atoms with E-state index in [0.29, 0.717) is 11.7 Å². The van der Waals surface area contributed by atoms with Crippen molar-refractivity contribution in [2.45, 2.75) is 51.7 Å². The lowest BCUT2D eigenvalue weighted by Crippen LogP contribution is -2.35. The predicted octanol–water partition coefficient (Wildman–Crippen LogP) is 3.94. The summed E-state index contributed by atoms with van der Waals surface area (Å²) in [6, 6.07) is 2.29. The molecule has 0 saturated heterocycles. The zero-order valence-corrected chi connectivity index (χ0v) is 12.8. The Bertz CT molecular complexity index is 634. The summed E-state index contributed by atoms with van der Waals surface area (Å²) >= 11 is 0. The van der Waals surface area contributed by atoms with Gasteiger partial charge in [0.2, 0.25) is 0 Å². The van der Waals surface area contributed by atoms with Gasteiger partial charge in [0.1, 0.15) is 11.1 Å². The summed E-state index contributed by atoms with van der Waals surface area (Å²) in [5.41, 5.74) is 0.785. The first-order valence-corrected chi connectivity index (χ1v) is 7.68. The van der Waals surface area contributed by atoms with Gasteiger partial charge in [0.15, 0.2) is 0 Å². The van der Waals surface area contributed by atoms with E-state index >= 15 is 0 Å². The van der Waals surface area contributed by atoms with Crippen LogP contribution >= 0.6 is 0 Å². The van der Waals surface area contributed by atoms with Crippen LogP contribution in [-0.4, -0.2) is 23.7 Å². The van der Waals surface area contributed by atoms with Crippen molar-refractivity contribution >= 4 is 5.69 Å². The Morgan fingerprint density at radius 3 is 2.64 bits per heavy atom. The molecular weight excluding hydrogens is 289 g/mol. The molecule has 22 heavy (non-hydrogen) atoms. The topological polar surface area (TPSA) is 16.1 Å². The smallest absolute Gasteiger partial charge is 0.369 e. The van der Waals surface area contributed by atoms with Gasteiger partial charge in [-0.1, -0.05) is 5.92 Å². The van der Waals surface area contributed by atoms with Crippen LogP contribution < -0.4 is 4.90 Å². The highest BCUT2D eigenvalue weighted by Crippen LogP contribution is 2.57. The van der Waals surface area contributed by atoms with Gasteiger partial charge in [-0.3, -0.25) is 0 Å². The molecule has 1 aliphatic carbocycles. The van der Waals surface area contributed by atoms with E-state index in [2.05, 4.69) is 35.6 Å². The molecule has 5 heteroatoms. The van der Waals surface area contributed by atoms with Crippen molar-refractivity contribution in [3.63, 3.8) is 0 Å². The van der Waals surface area contributed by atoms with E-state index in [1.54, 1.807) is 6.20 Å². The molecule has 118 valence electrons. The van der Waals surface area contributed by atoms with Crippen LogP contribution in [0.2, 0.25) is 0 Å². The van der Waals surface area contributed by atoms with Gasteiger partial charge >= 0.3 is 6.18 Å². The molecule has 0 radical (unpaired) electrons. The second kappa shape index (κ2) is 5.19. The Morgan fingerprint density at radius 1 is 1.32 bits per heavy atom. The summed E-state index contributed by atoms with van der Waals surface area (Å²) in [5, 5.41) is 0. The van der Waals surface area contributed by atoms with E-state index in [-0.39, 0.29) is 12.8 Å². The predicted molar refractivity (Wildman–Crippen MR) is 79.6 cm³/mol. The molecule has 0 aromatic carbocycles. The van der Waals surface area contributed by atoms with E-state index in [9.17, 15) is 13.2 Å². The molecule has 1 aromatic rings. The highest BCUT2D eigenvalue weighted by molar-refractivity contribution is 5.60. The van der Waals surface area contributed by atoms with Crippen LogP contribution in [0.15, 0.2) is 12.3 Å². The summed E-state index contributed by atoms with van der Waals surface area (Å²) in [6.45, 7) is 5.20. The molecule has 0 unspecified atom stereocenters. The van der Waals surface area contributed by atoms with Crippen molar-refractivity contribution in [2.75, 3.05) is 11.4 Å². The Morgan fingerprint density at radius 2 is 2.05 bits per heavy atom. The first-order valence-electron chi connectivity index (χ1n) is 7.68. The summed E-state index contributed by atoms with van der Waals surface area (Å²) in [5.74, 6) is 5.20. The molecule has 1 aliphatic heterocycles. The van der Waals surface area contributed by atoms with E-state index in [4.69, 9.17) is 0 Å². The SMILES string of the molecule is CC(C)N1CCCc2c1ccnc2C#CC1(C(F)(F)F)CC1. The van der Waals surface area contributed by atoms with Crippen LogP contribution in [0.3, 0.4) is 0 Å². The van der Waals surface area contributed by atoms with E-state index in [0.717, 1.165) is 30.6 Å². The van der Waals surface area contributed by atoms with Crippen molar-refractivity contribution in [1.82, 2.24) is 4.98 Å². The average Bonchev–Trinajstić information content (AvgIpc) is 3.25. The molecule has 0 N–H and O–H groups in total. The molecule has 2 nitrogen and oxygen atoms in total.